The summed E-state index contributed by atoms with van der Waals surface area (Å²) in [7, 11) is 3.96. The van der Waals surface area contributed by atoms with Crippen molar-refractivity contribution in [3.8, 4) is 0 Å². The molecule has 1 aromatic carbocycles. The highest BCUT2D eigenvalue weighted by molar-refractivity contribution is 7.13. The maximum atomic E-state index is 10.6. The summed E-state index contributed by atoms with van der Waals surface area (Å²) < 4.78 is 0. The first-order valence-electron chi connectivity index (χ1n) is 5.75. The van der Waals surface area contributed by atoms with Gasteiger partial charge in [0.2, 0.25) is 0 Å². The van der Waals surface area contributed by atoms with Crippen molar-refractivity contribution in [1.82, 2.24) is 4.98 Å². The molecule has 0 fully saturated rings. The van der Waals surface area contributed by atoms with Crippen LogP contribution in [0.4, 0.5) is 16.5 Å². The van der Waals surface area contributed by atoms with E-state index in [1.54, 1.807) is 5.38 Å². The van der Waals surface area contributed by atoms with Crippen molar-refractivity contribution in [2.75, 3.05) is 24.3 Å². The Hall–Kier alpha value is -2.08. The number of rotatable bonds is 5. The summed E-state index contributed by atoms with van der Waals surface area (Å²) in [6.07, 6.45) is -0.0457. The maximum absolute atomic E-state index is 10.6. The van der Waals surface area contributed by atoms with Crippen molar-refractivity contribution in [2.45, 2.75) is 6.42 Å². The number of aromatic nitrogens is 1. The standard InChI is InChI=1S/C13H15N3O2S/c1-16(2)11-5-3-4-9(6-11)14-13-15-10(8-19-13)7-12(17)18/h3-6,8H,7H2,1-2H3,(H,14,15)(H,17,18). The van der Waals surface area contributed by atoms with E-state index in [-0.39, 0.29) is 6.42 Å². The lowest BCUT2D eigenvalue weighted by Crippen LogP contribution is -2.08. The van der Waals surface area contributed by atoms with Crippen molar-refractivity contribution >= 4 is 33.8 Å². The Balaban J connectivity index is 2.10. The number of carboxylic acids is 1. The van der Waals surface area contributed by atoms with E-state index in [4.69, 9.17) is 5.11 Å². The molecule has 0 amide bonds. The first-order valence-corrected chi connectivity index (χ1v) is 6.63. The van der Waals surface area contributed by atoms with E-state index in [2.05, 4.69) is 10.3 Å². The van der Waals surface area contributed by atoms with Gasteiger partial charge in [0.1, 0.15) is 0 Å². The minimum Gasteiger partial charge on any atom is -0.481 e. The minimum atomic E-state index is -0.869. The number of benzene rings is 1. The molecule has 0 atom stereocenters. The monoisotopic (exact) mass is 277 g/mol. The van der Waals surface area contributed by atoms with Gasteiger partial charge in [-0.05, 0) is 18.2 Å². The lowest BCUT2D eigenvalue weighted by molar-refractivity contribution is -0.136. The molecular weight excluding hydrogens is 262 g/mol. The van der Waals surface area contributed by atoms with Gasteiger partial charge >= 0.3 is 5.97 Å². The lowest BCUT2D eigenvalue weighted by Gasteiger charge is -2.13. The topological polar surface area (TPSA) is 65.5 Å². The third-order valence-corrected chi connectivity index (χ3v) is 3.30. The predicted octanol–water partition coefficient (Wildman–Crippen LogP) is 2.58. The molecule has 0 radical (unpaired) electrons. The van der Waals surface area contributed by atoms with E-state index in [9.17, 15) is 4.79 Å². The van der Waals surface area contributed by atoms with E-state index >= 15 is 0 Å². The highest BCUT2D eigenvalue weighted by Gasteiger charge is 2.06. The number of nitrogens with one attached hydrogen (secondary N) is 1. The predicted molar refractivity (Wildman–Crippen MR) is 77.5 cm³/mol. The Kier molecular flexibility index (Phi) is 4.01. The second kappa shape index (κ2) is 5.71. The molecule has 2 rings (SSSR count). The number of carboxylic acid groups (broad SMARTS) is 1. The van der Waals surface area contributed by atoms with Crippen molar-refractivity contribution in [3.05, 3.63) is 35.3 Å². The fraction of sp³-hybridized carbons (Fsp3) is 0.231. The summed E-state index contributed by atoms with van der Waals surface area (Å²) in [5.41, 5.74) is 2.60. The average Bonchev–Trinajstić information content (AvgIpc) is 2.76. The molecule has 0 saturated heterocycles. The Labute approximate surface area is 115 Å². The third-order valence-electron chi connectivity index (χ3n) is 2.50. The van der Waals surface area contributed by atoms with Crippen LogP contribution in [-0.2, 0) is 11.2 Å². The Bertz CT molecular complexity index is 581. The van der Waals surface area contributed by atoms with Crippen LogP contribution in [0.5, 0.6) is 0 Å². The molecule has 1 heterocycles. The zero-order valence-corrected chi connectivity index (χ0v) is 11.6. The molecule has 0 aliphatic rings. The van der Waals surface area contributed by atoms with Crippen LogP contribution in [0, 0.1) is 0 Å². The van der Waals surface area contributed by atoms with Gasteiger partial charge in [-0.25, -0.2) is 4.98 Å². The van der Waals surface area contributed by atoms with Gasteiger partial charge in [-0.3, -0.25) is 4.79 Å². The number of hydrogen-bond donors (Lipinski definition) is 2. The number of nitrogens with zero attached hydrogens (tertiary/aromatic N) is 2. The molecule has 0 bridgehead atoms. The average molecular weight is 277 g/mol. The molecule has 100 valence electrons. The number of anilines is 3. The zero-order valence-electron chi connectivity index (χ0n) is 10.8. The van der Waals surface area contributed by atoms with Crippen molar-refractivity contribution in [2.24, 2.45) is 0 Å². The summed E-state index contributed by atoms with van der Waals surface area (Å²) in [4.78, 5) is 16.8. The fourth-order valence-corrected chi connectivity index (χ4v) is 2.32. The van der Waals surface area contributed by atoms with E-state index in [1.807, 2.05) is 43.3 Å². The smallest absolute Gasteiger partial charge is 0.309 e. The van der Waals surface area contributed by atoms with Crippen LogP contribution in [0.2, 0.25) is 0 Å². The molecule has 0 aliphatic heterocycles. The largest absolute Gasteiger partial charge is 0.481 e. The Morgan fingerprint density at radius 3 is 2.95 bits per heavy atom. The number of hydrogen-bond acceptors (Lipinski definition) is 5. The van der Waals surface area contributed by atoms with E-state index in [0.29, 0.717) is 10.8 Å². The fourth-order valence-electron chi connectivity index (χ4n) is 1.59. The van der Waals surface area contributed by atoms with Gasteiger partial charge in [0.25, 0.3) is 0 Å². The van der Waals surface area contributed by atoms with Crippen LogP contribution in [0.3, 0.4) is 0 Å². The summed E-state index contributed by atoms with van der Waals surface area (Å²) in [6, 6.07) is 7.94. The molecule has 5 nitrogen and oxygen atoms in total. The Morgan fingerprint density at radius 1 is 1.47 bits per heavy atom. The molecule has 1 aromatic heterocycles. The molecule has 0 aliphatic carbocycles. The normalized spacial score (nSPS) is 10.2. The van der Waals surface area contributed by atoms with Gasteiger partial charge in [-0.2, -0.15) is 0 Å². The summed E-state index contributed by atoms with van der Waals surface area (Å²) in [5.74, 6) is -0.869. The van der Waals surface area contributed by atoms with Crippen LogP contribution in [0.25, 0.3) is 0 Å². The second-order valence-electron chi connectivity index (χ2n) is 4.28. The quantitative estimate of drug-likeness (QED) is 0.879. The van der Waals surface area contributed by atoms with E-state index in [0.717, 1.165) is 11.4 Å². The third kappa shape index (κ3) is 3.69. The molecule has 0 spiro atoms. The number of thiazole rings is 1. The summed E-state index contributed by atoms with van der Waals surface area (Å²) in [6.45, 7) is 0. The molecule has 19 heavy (non-hydrogen) atoms. The van der Waals surface area contributed by atoms with Gasteiger partial charge in [-0.15, -0.1) is 11.3 Å². The summed E-state index contributed by atoms with van der Waals surface area (Å²) in [5, 5.41) is 14.3. The Morgan fingerprint density at radius 2 is 2.26 bits per heavy atom. The maximum Gasteiger partial charge on any atom is 0.309 e. The van der Waals surface area contributed by atoms with E-state index in [1.165, 1.54) is 11.3 Å². The van der Waals surface area contributed by atoms with Crippen LogP contribution in [0.15, 0.2) is 29.6 Å². The first kappa shape index (κ1) is 13.4. The highest BCUT2D eigenvalue weighted by atomic mass is 32.1. The van der Waals surface area contributed by atoms with Crippen molar-refractivity contribution in [3.63, 3.8) is 0 Å². The number of carbonyl (C=O) groups is 1. The van der Waals surface area contributed by atoms with Crippen molar-refractivity contribution in [1.29, 1.82) is 0 Å². The summed E-state index contributed by atoms with van der Waals surface area (Å²) >= 11 is 1.40. The van der Waals surface area contributed by atoms with Gasteiger partial charge in [-0.1, -0.05) is 6.07 Å². The van der Waals surface area contributed by atoms with Gasteiger partial charge < -0.3 is 15.3 Å². The zero-order chi connectivity index (χ0) is 13.8. The first-order chi connectivity index (χ1) is 9.04. The number of aliphatic carboxylic acids is 1. The molecule has 2 N–H and O–H groups in total. The highest BCUT2D eigenvalue weighted by Crippen LogP contribution is 2.24. The van der Waals surface area contributed by atoms with Crippen LogP contribution < -0.4 is 10.2 Å². The van der Waals surface area contributed by atoms with E-state index < -0.39 is 5.97 Å². The SMILES string of the molecule is CN(C)c1cccc(Nc2nc(CC(=O)O)cs2)c1. The van der Waals surface area contributed by atoms with Crippen LogP contribution >= 0.6 is 11.3 Å². The van der Waals surface area contributed by atoms with Crippen molar-refractivity contribution < 1.29 is 9.90 Å². The van der Waals surface area contributed by atoms with Gasteiger partial charge in [0.05, 0.1) is 12.1 Å². The van der Waals surface area contributed by atoms with Gasteiger partial charge in [0, 0.05) is 30.9 Å². The molecule has 0 saturated carbocycles. The minimum absolute atomic E-state index is 0.0457. The molecule has 2 aromatic rings. The second-order valence-corrected chi connectivity index (χ2v) is 5.14. The van der Waals surface area contributed by atoms with Crippen LogP contribution in [-0.4, -0.2) is 30.2 Å². The molecule has 0 unspecified atom stereocenters. The molecular formula is C13H15N3O2S. The lowest BCUT2D eigenvalue weighted by atomic mass is 10.2. The van der Waals surface area contributed by atoms with Crippen LogP contribution in [0.1, 0.15) is 5.69 Å². The van der Waals surface area contributed by atoms with Gasteiger partial charge in [0.15, 0.2) is 5.13 Å². The molecule has 6 heteroatoms.